The van der Waals surface area contributed by atoms with E-state index in [-0.39, 0.29) is 18.4 Å². The van der Waals surface area contributed by atoms with Crippen LogP contribution in [0.4, 0.5) is 4.39 Å². The van der Waals surface area contributed by atoms with Gasteiger partial charge in [0.05, 0.1) is 6.20 Å². The van der Waals surface area contributed by atoms with E-state index < -0.39 is 0 Å². The summed E-state index contributed by atoms with van der Waals surface area (Å²) in [6.45, 7) is 1.77. The zero-order valence-electron chi connectivity index (χ0n) is 15.2. The molecule has 6 heteroatoms. The molecule has 3 aromatic rings. The standard InChI is InChI=1S/C21H23FN4O/c22-5-8-26-6-3-15(4-7-26)21(27)11-20-10-18-9-16(19-13-24-25-14-19)1-2-17(18)12-23-20/h1-2,9-10,12-15H,3-8,11H2,(H,24,25). The number of rotatable bonds is 6. The summed E-state index contributed by atoms with van der Waals surface area (Å²) in [7, 11) is 0. The molecule has 1 aromatic carbocycles. The summed E-state index contributed by atoms with van der Waals surface area (Å²) >= 11 is 0. The van der Waals surface area contributed by atoms with Crippen LogP contribution in [0, 0.1) is 5.92 Å². The van der Waals surface area contributed by atoms with E-state index in [0.717, 1.165) is 53.5 Å². The number of pyridine rings is 1. The van der Waals surface area contributed by atoms with Crippen molar-refractivity contribution < 1.29 is 9.18 Å². The molecule has 1 N–H and O–H groups in total. The number of ketones is 1. The number of aromatic nitrogens is 3. The molecule has 1 fully saturated rings. The number of nitrogens with one attached hydrogen (secondary N) is 1. The molecule has 1 aliphatic rings. The molecule has 0 amide bonds. The van der Waals surface area contributed by atoms with Crippen molar-refractivity contribution in [2.75, 3.05) is 26.3 Å². The molecule has 2 aromatic heterocycles. The highest BCUT2D eigenvalue weighted by Gasteiger charge is 2.24. The van der Waals surface area contributed by atoms with Gasteiger partial charge in [0.15, 0.2) is 0 Å². The minimum Gasteiger partial charge on any atom is -0.301 e. The average molecular weight is 366 g/mol. The van der Waals surface area contributed by atoms with E-state index in [1.165, 1.54) is 0 Å². The van der Waals surface area contributed by atoms with Crippen molar-refractivity contribution in [3.63, 3.8) is 0 Å². The second kappa shape index (κ2) is 7.96. The molecule has 4 rings (SSSR count). The van der Waals surface area contributed by atoms with Gasteiger partial charge in [0, 0.05) is 47.9 Å². The largest absolute Gasteiger partial charge is 0.301 e. The minimum absolute atomic E-state index is 0.0654. The van der Waals surface area contributed by atoms with Crippen LogP contribution in [0.2, 0.25) is 0 Å². The molecule has 140 valence electrons. The normalized spacial score (nSPS) is 16.0. The lowest BCUT2D eigenvalue weighted by molar-refractivity contribution is -0.123. The molecular formula is C21H23FN4O. The van der Waals surface area contributed by atoms with Crippen molar-refractivity contribution in [1.82, 2.24) is 20.1 Å². The quantitative estimate of drug-likeness (QED) is 0.726. The SMILES string of the molecule is O=C(Cc1cc2cc(-c3cn[nH]c3)ccc2cn1)C1CCN(CCF)CC1. The first kappa shape index (κ1) is 17.8. The lowest BCUT2D eigenvalue weighted by Gasteiger charge is -2.30. The van der Waals surface area contributed by atoms with Gasteiger partial charge in [-0.2, -0.15) is 5.10 Å². The number of H-pyrrole nitrogens is 1. The summed E-state index contributed by atoms with van der Waals surface area (Å²) < 4.78 is 12.4. The van der Waals surface area contributed by atoms with Gasteiger partial charge in [-0.25, -0.2) is 4.39 Å². The Kier molecular flexibility index (Phi) is 5.25. The van der Waals surface area contributed by atoms with Gasteiger partial charge in [-0.3, -0.25) is 14.9 Å². The first-order valence-electron chi connectivity index (χ1n) is 9.42. The highest BCUT2D eigenvalue weighted by atomic mass is 19.1. The van der Waals surface area contributed by atoms with E-state index in [0.29, 0.717) is 13.0 Å². The van der Waals surface area contributed by atoms with Gasteiger partial charge >= 0.3 is 0 Å². The summed E-state index contributed by atoms with van der Waals surface area (Å²) in [5.74, 6) is 0.309. The maximum Gasteiger partial charge on any atom is 0.142 e. The number of hydrogen-bond acceptors (Lipinski definition) is 4. The molecule has 27 heavy (non-hydrogen) atoms. The van der Waals surface area contributed by atoms with Crippen LogP contribution < -0.4 is 0 Å². The number of nitrogens with zero attached hydrogens (tertiary/aromatic N) is 3. The monoisotopic (exact) mass is 366 g/mol. The predicted molar refractivity (Wildman–Crippen MR) is 103 cm³/mol. The Balaban J connectivity index is 1.46. The summed E-state index contributed by atoms with van der Waals surface area (Å²) in [5.41, 5.74) is 2.93. The fraction of sp³-hybridized carbons (Fsp3) is 0.381. The van der Waals surface area contributed by atoms with Gasteiger partial charge < -0.3 is 4.90 Å². The second-order valence-corrected chi connectivity index (χ2v) is 7.17. The van der Waals surface area contributed by atoms with Crippen LogP contribution in [-0.2, 0) is 11.2 Å². The van der Waals surface area contributed by atoms with Crippen LogP contribution in [0.5, 0.6) is 0 Å². The van der Waals surface area contributed by atoms with Crippen LogP contribution in [-0.4, -0.2) is 52.2 Å². The topological polar surface area (TPSA) is 61.9 Å². The molecular weight excluding hydrogens is 343 g/mol. The maximum absolute atomic E-state index is 12.7. The number of alkyl halides is 1. The van der Waals surface area contributed by atoms with E-state index in [2.05, 4.69) is 26.1 Å². The number of fused-ring (bicyclic) bond motifs is 1. The van der Waals surface area contributed by atoms with Crippen molar-refractivity contribution >= 4 is 16.6 Å². The van der Waals surface area contributed by atoms with E-state index in [1.807, 2.05) is 30.6 Å². The van der Waals surface area contributed by atoms with Crippen LogP contribution in [0.3, 0.4) is 0 Å². The van der Waals surface area contributed by atoms with E-state index in [1.54, 1.807) is 6.20 Å². The summed E-state index contributed by atoms with van der Waals surface area (Å²) in [4.78, 5) is 19.2. The Morgan fingerprint density at radius 2 is 2.00 bits per heavy atom. The molecule has 0 saturated carbocycles. The van der Waals surface area contributed by atoms with E-state index >= 15 is 0 Å². The lowest BCUT2D eigenvalue weighted by atomic mass is 9.90. The van der Waals surface area contributed by atoms with Crippen LogP contribution in [0.15, 0.2) is 42.9 Å². The first-order chi connectivity index (χ1) is 13.2. The number of likely N-dealkylation sites (tertiary alicyclic amines) is 1. The molecule has 0 radical (unpaired) electrons. The molecule has 0 aliphatic carbocycles. The second-order valence-electron chi connectivity index (χ2n) is 7.17. The number of piperidine rings is 1. The van der Waals surface area contributed by atoms with Crippen LogP contribution in [0.1, 0.15) is 18.5 Å². The molecule has 0 atom stereocenters. The zero-order valence-corrected chi connectivity index (χ0v) is 15.2. The summed E-state index contributed by atoms with van der Waals surface area (Å²) in [6.07, 6.45) is 7.48. The number of benzene rings is 1. The number of hydrogen-bond donors (Lipinski definition) is 1. The molecule has 5 nitrogen and oxygen atoms in total. The maximum atomic E-state index is 12.7. The third-order valence-electron chi connectivity index (χ3n) is 5.41. The van der Waals surface area contributed by atoms with E-state index in [9.17, 15) is 9.18 Å². The Hall–Kier alpha value is -2.60. The number of halogens is 1. The predicted octanol–water partition coefficient (Wildman–Crippen LogP) is 3.42. The number of Topliss-reactive ketones (excluding diaryl/α,β-unsaturated/α-hetero) is 1. The lowest BCUT2D eigenvalue weighted by Crippen LogP contribution is -2.37. The fourth-order valence-electron chi connectivity index (χ4n) is 3.79. The van der Waals surface area contributed by atoms with Crippen molar-refractivity contribution in [3.8, 4) is 11.1 Å². The van der Waals surface area contributed by atoms with Crippen LogP contribution in [0.25, 0.3) is 21.9 Å². The van der Waals surface area contributed by atoms with Gasteiger partial charge in [0.25, 0.3) is 0 Å². The third-order valence-corrected chi connectivity index (χ3v) is 5.41. The highest BCUT2D eigenvalue weighted by molar-refractivity contribution is 5.88. The molecule has 1 saturated heterocycles. The Morgan fingerprint density at radius 1 is 1.15 bits per heavy atom. The smallest absolute Gasteiger partial charge is 0.142 e. The summed E-state index contributed by atoms with van der Waals surface area (Å²) in [5, 5.41) is 8.95. The van der Waals surface area contributed by atoms with Crippen molar-refractivity contribution in [2.45, 2.75) is 19.3 Å². The van der Waals surface area contributed by atoms with Gasteiger partial charge in [-0.05, 0) is 49.0 Å². The van der Waals surface area contributed by atoms with Gasteiger partial charge in [-0.15, -0.1) is 0 Å². The van der Waals surface area contributed by atoms with Gasteiger partial charge in [0.1, 0.15) is 12.5 Å². The summed E-state index contributed by atoms with van der Waals surface area (Å²) in [6, 6.07) is 8.20. The highest BCUT2D eigenvalue weighted by Crippen LogP contribution is 2.25. The Morgan fingerprint density at radius 3 is 2.74 bits per heavy atom. The van der Waals surface area contributed by atoms with Crippen molar-refractivity contribution in [3.05, 3.63) is 48.5 Å². The molecule has 0 spiro atoms. The minimum atomic E-state index is -0.319. The number of carbonyl (C=O) groups is 1. The molecule has 0 unspecified atom stereocenters. The zero-order chi connectivity index (χ0) is 18.6. The van der Waals surface area contributed by atoms with Crippen LogP contribution >= 0.6 is 0 Å². The van der Waals surface area contributed by atoms with E-state index in [4.69, 9.17) is 0 Å². The molecule has 1 aliphatic heterocycles. The van der Waals surface area contributed by atoms with Gasteiger partial charge in [-0.1, -0.05) is 12.1 Å². The molecule has 0 bridgehead atoms. The van der Waals surface area contributed by atoms with Gasteiger partial charge in [0.2, 0.25) is 0 Å². The Labute approximate surface area is 157 Å². The first-order valence-corrected chi connectivity index (χ1v) is 9.42. The fourth-order valence-corrected chi connectivity index (χ4v) is 3.79. The van der Waals surface area contributed by atoms with Crippen molar-refractivity contribution in [2.24, 2.45) is 5.92 Å². The molecule has 3 heterocycles. The number of carbonyl (C=O) groups excluding carboxylic acids is 1. The third kappa shape index (κ3) is 4.06. The average Bonchev–Trinajstić information content (AvgIpc) is 3.23. The van der Waals surface area contributed by atoms with Crippen molar-refractivity contribution in [1.29, 1.82) is 0 Å². The number of aromatic amines is 1. The Bertz CT molecular complexity index is 917.